The molecule has 3 rings (SSSR count). The third-order valence-electron chi connectivity index (χ3n) is 3.13. The first-order valence-corrected chi connectivity index (χ1v) is 6.50. The molecule has 2 aromatic rings. The van der Waals surface area contributed by atoms with Crippen molar-refractivity contribution in [3.05, 3.63) is 36.2 Å². The molecule has 21 heavy (non-hydrogen) atoms. The number of hydrogen-bond donors (Lipinski definition) is 2. The highest BCUT2D eigenvalue weighted by Crippen LogP contribution is 2.29. The summed E-state index contributed by atoms with van der Waals surface area (Å²) in [6.07, 6.45) is 1.53. The molecular weight excluding hydrogens is 272 g/mol. The van der Waals surface area contributed by atoms with Crippen LogP contribution in [0.5, 0.6) is 0 Å². The molecule has 3 N–H and O–H groups in total. The summed E-state index contributed by atoms with van der Waals surface area (Å²) >= 11 is 0. The van der Waals surface area contributed by atoms with Crippen LogP contribution in [-0.2, 0) is 11.3 Å². The Bertz CT molecular complexity index is 695. The van der Waals surface area contributed by atoms with Gasteiger partial charge in [-0.3, -0.25) is 19.2 Å². The summed E-state index contributed by atoms with van der Waals surface area (Å²) in [5.74, 6) is -0.600. The van der Waals surface area contributed by atoms with Crippen LogP contribution >= 0.6 is 0 Å². The van der Waals surface area contributed by atoms with E-state index in [0.717, 1.165) is 0 Å². The number of rotatable bonds is 3. The maximum Gasteiger partial charge on any atom is 0.280 e. The zero-order valence-electron chi connectivity index (χ0n) is 11.2. The van der Waals surface area contributed by atoms with Crippen LogP contribution in [0.4, 0.5) is 11.4 Å². The van der Waals surface area contributed by atoms with E-state index in [-0.39, 0.29) is 24.1 Å². The molecule has 0 atom stereocenters. The van der Waals surface area contributed by atoms with Crippen LogP contribution in [-0.4, -0.2) is 39.9 Å². The van der Waals surface area contributed by atoms with Gasteiger partial charge in [0.15, 0.2) is 5.69 Å². The summed E-state index contributed by atoms with van der Waals surface area (Å²) in [6.45, 7) is 0.850. The average molecular weight is 286 g/mol. The number of benzene rings is 1. The van der Waals surface area contributed by atoms with E-state index >= 15 is 0 Å². The van der Waals surface area contributed by atoms with E-state index in [1.807, 2.05) is 6.07 Å². The molecule has 108 valence electrons. The van der Waals surface area contributed by atoms with E-state index < -0.39 is 0 Å². The van der Waals surface area contributed by atoms with E-state index in [1.54, 1.807) is 18.2 Å². The maximum absolute atomic E-state index is 12.5. The van der Waals surface area contributed by atoms with Crippen molar-refractivity contribution in [1.82, 2.24) is 15.0 Å². The summed E-state index contributed by atoms with van der Waals surface area (Å²) in [6, 6.07) is 7.13. The van der Waals surface area contributed by atoms with Crippen molar-refractivity contribution in [3.63, 3.8) is 0 Å². The predicted octanol–water partition coefficient (Wildman–Crippen LogP) is -0.164. The molecule has 1 aliphatic rings. The van der Waals surface area contributed by atoms with Gasteiger partial charge < -0.3 is 11.1 Å². The lowest BCUT2D eigenvalue weighted by Gasteiger charge is -2.28. The van der Waals surface area contributed by atoms with E-state index in [1.165, 1.54) is 15.8 Å². The van der Waals surface area contributed by atoms with Crippen molar-refractivity contribution in [3.8, 4) is 0 Å². The molecule has 2 amide bonds. The minimum Gasteiger partial charge on any atom is -0.329 e. The van der Waals surface area contributed by atoms with Crippen LogP contribution in [0.15, 0.2) is 30.5 Å². The Labute approximate surface area is 120 Å². The molecule has 0 spiro atoms. The molecule has 2 heterocycles. The van der Waals surface area contributed by atoms with E-state index in [4.69, 9.17) is 5.73 Å². The Morgan fingerprint density at radius 3 is 3.00 bits per heavy atom. The third kappa shape index (κ3) is 2.48. The molecule has 0 radical (unpaired) electrons. The quantitative estimate of drug-likeness (QED) is 0.815. The van der Waals surface area contributed by atoms with Crippen LogP contribution in [0.3, 0.4) is 0 Å². The van der Waals surface area contributed by atoms with Crippen molar-refractivity contribution >= 4 is 23.2 Å². The molecule has 0 bridgehead atoms. The number of hydrogen-bond acceptors (Lipinski definition) is 5. The number of amides is 2. The summed E-state index contributed by atoms with van der Waals surface area (Å²) in [5.41, 5.74) is 6.88. The van der Waals surface area contributed by atoms with Crippen molar-refractivity contribution in [1.29, 1.82) is 0 Å². The number of nitrogens with zero attached hydrogens (tertiary/aromatic N) is 4. The molecule has 0 saturated heterocycles. The van der Waals surface area contributed by atoms with Crippen LogP contribution in [0.25, 0.3) is 0 Å². The van der Waals surface area contributed by atoms with Crippen molar-refractivity contribution in [2.75, 3.05) is 23.3 Å². The minimum absolute atomic E-state index is 0.0421. The monoisotopic (exact) mass is 286 g/mol. The van der Waals surface area contributed by atoms with Crippen LogP contribution in [0.2, 0.25) is 0 Å². The Morgan fingerprint density at radius 2 is 2.19 bits per heavy atom. The van der Waals surface area contributed by atoms with E-state index in [9.17, 15) is 9.59 Å². The number of nitrogens with two attached hydrogens (primary N) is 1. The van der Waals surface area contributed by atoms with Crippen molar-refractivity contribution in [2.45, 2.75) is 6.54 Å². The van der Waals surface area contributed by atoms with Gasteiger partial charge in [0.1, 0.15) is 6.54 Å². The summed E-state index contributed by atoms with van der Waals surface area (Å²) < 4.78 is 1.50. The fourth-order valence-electron chi connectivity index (χ4n) is 2.19. The van der Waals surface area contributed by atoms with Crippen LogP contribution in [0, 0.1) is 0 Å². The zero-order valence-corrected chi connectivity index (χ0v) is 11.2. The van der Waals surface area contributed by atoms with Crippen LogP contribution in [0.1, 0.15) is 10.5 Å². The second kappa shape index (κ2) is 5.33. The van der Waals surface area contributed by atoms with Gasteiger partial charge >= 0.3 is 0 Å². The van der Waals surface area contributed by atoms with Crippen LogP contribution < -0.4 is 16.0 Å². The second-order valence-corrected chi connectivity index (χ2v) is 4.61. The molecule has 1 aromatic heterocycles. The first-order valence-electron chi connectivity index (χ1n) is 6.50. The maximum atomic E-state index is 12.5. The number of carbonyl (C=O) groups is 2. The lowest BCUT2D eigenvalue weighted by Crippen LogP contribution is -2.42. The van der Waals surface area contributed by atoms with Gasteiger partial charge in [0, 0.05) is 6.54 Å². The Kier molecular flexibility index (Phi) is 3.36. The summed E-state index contributed by atoms with van der Waals surface area (Å²) in [4.78, 5) is 25.6. The molecule has 0 saturated carbocycles. The third-order valence-corrected chi connectivity index (χ3v) is 3.13. The largest absolute Gasteiger partial charge is 0.329 e. The molecule has 0 unspecified atom stereocenters. The number of aromatic nitrogens is 3. The summed E-state index contributed by atoms with van der Waals surface area (Å²) in [7, 11) is 0. The highest BCUT2D eigenvalue weighted by Gasteiger charge is 2.28. The smallest absolute Gasteiger partial charge is 0.280 e. The van der Waals surface area contributed by atoms with Gasteiger partial charge in [-0.2, -0.15) is 0 Å². The number of anilines is 2. The molecular formula is C13H14N6O2. The van der Waals surface area contributed by atoms with Gasteiger partial charge in [-0.05, 0) is 12.1 Å². The van der Waals surface area contributed by atoms with Gasteiger partial charge in [0.25, 0.3) is 5.91 Å². The topological polar surface area (TPSA) is 106 Å². The van der Waals surface area contributed by atoms with Crippen molar-refractivity contribution in [2.24, 2.45) is 5.73 Å². The number of carbonyl (C=O) groups excluding carboxylic acids is 2. The Hall–Kier alpha value is -2.74. The molecule has 1 aliphatic heterocycles. The number of fused-ring (bicyclic) bond motifs is 1. The van der Waals surface area contributed by atoms with Gasteiger partial charge in [0.05, 0.1) is 24.1 Å². The van der Waals surface area contributed by atoms with E-state index in [2.05, 4.69) is 15.6 Å². The first kappa shape index (κ1) is 13.3. The normalized spacial score (nSPS) is 13.8. The first-order chi connectivity index (χ1) is 10.2. The number of nitrogens with one attached hydrogen (secondary N) is 1. The standard InChI is InChI=1S/C13H14N6O2/c14-5-6-18-7-10(16-17-18)13(21)19-8-12(20)15-9-3-1-2-4-11(9)19/h1-4,7H,5-6,8,14H2,(H,15,20). The Balaban J connectivity index is 1.92. The lowest BCUT2D eigenvalue weighted by atomic mass is 10.2. The molecule has 1 aromatic carbocycles. The van der Waals surface area contributed by atoms with Gasteiger partial charge in [-0.25, -0.2) is 0 Å². The minimum atomic E-state index is -0.361. The molecule has 0 fully saturated rings. The SMILES string of the molecule is NCCn1cc(C(=O)N2CC(=O)Nc3ccccc32)nn1. The molecule has 0 aliphatic carbocycles. The van der Waals surface area contributed by atoms with Gasteiger partial charge in [0.2, 0.25) is 5.91 Å². The molecule has 8 heteroatoms. The average Bonchev–Trinajstić information content (AvgIpc) is 2.94. The predicted molar refractivity (Wildman–Crippen MR) is 75.8 cm³/mol. The zero-order chi connectivity index (χ0) is 14.8. The fraction of sp³-hybridized carbons (Fsp3) is 0.231. The fourth-order valence-corrected chi connectivity index (χ4v) is 2.19. The van der Waals surface area contributed by atoms with Crippen molar-refractivity contribution < 1.29 is 9.59 Å². The highest BCUT2D eigenvalue weighted by molar-refractivity contribution is 6.14. The number of para-hydroxylation sites is 2. The summed E-state index contributed by atoms with van der Waals surface area (Å²) in [5, 5.41) is 10.4. The van der Waals surface area contributed by atoms with Gasteiger partial charge in [-0.15, -0.1) is 5.10 Å². The second-order valence-electron chi connectivity index (χ2n) is 4.61. The molecule has 8 nitrogen and oxygen atoms in total. The lowest BCUT2D eigenvalue weighted by molar-refractivity contribution is -0.115. The highest BCUT2D eigenvalue weighted by atomic mass is 16.2. The Morgan fingerprint density at radius 1 is 1.38 bits per heavy atom. The van der Waals surface area contributed by atoms with Gasteiger partial charge in [-0.1, -0.05) is 17.3 Å². The van der Waals surface area contributed by atoms with E-state index in [0.29, 0.717) is 24.5 Å².